The Balaban J connectivity index is 1.29. The summed E-state index contributed by atoms with van der Waals surface area (Å²) in [5.74, 6) is 2.49. The molecule has 0 spiro atoms. The van der Waals surface area contributed by atoms with Gasteiger partial charge in [-0.2, -0.15) is 0 Å². The van der Waals surface area contributed by atoms with Crippen molar-refractivity contribution in [3.63, 3.8) is 0 Å². The second-order valence-corrected chi connectivity index (χ2v) is 8.45. The largest absolute Gasteiger partial charge is 0.484 e. The van der Waals surface area contributed by atoms with Gasteiger partial charge in [0, 0.05) is 30.2 Å². The second kappa shape index (κ2) is 8.13. The number of rotatable bonds is 6. The van der Waals surface area contributed by atoms with Crippen molar-refractivity contribution in [2.75, 3.05) is 19.7 Å². The molecule has 2 aromatic rings. The zero-order chi connectivity index (χ0) is 19.7. The Bertz CT molecular complexity index is 839. The minimum absolute atomic E-state index is 0.0273. The van der Waals surface area contributed by atoms with Crippen LogP contribution in [0.2, 0.25) is 5.02 Å². The van der Waals surface area contributed by atoms with Crippen molar-refractivity contribution in [1.82, 2.24) is 15.4 Å². The zero-order valence-electron chi connectivity index (χ0n) is 16.3. The molecule has 4 rings (SSSR count). The van der Waals surface area contributed by atoms with Crippen LogP contribution in [0.5, 0.6) is 5.75 Å². The summed E-state index contributed by atoms with van der Waals surface area (Å²) in [7, 11) is 0. The fourth-order valence-electron chi connectivity index (χ4n) is 4.54. The van der Waals surface area contributed by atoms with Gasteiger partial charge in [-0.1, -0.05) is 16.8 Å². The van der Waals surface area contributed by atoms with Crippen molar-refractivity contribution in [2.24, 2.45) is 11.8 Å². The molecule has 1 aliphatic carbocycles. The molecule has 1 saturated carbocycles. The molecule has 150 valence electrons. The fourth-order valence-corrected chi connectivity index (χ4v) is 4.77. The van der Waals surface area contributed by atoms with Crippen LogP contribution in [-0.2, 0) is 11.3 Å². The van der Waals surface area contributed by atoms with Crippen molar-refractivity contribution in [1.29, 1.82) is 0 Å². The van der Waals surface area contributed by atoms with E-state index in [1.165, 1.54) is 0 Å². The number of piperidine rings is 1. The van der Waals surface area contributed by atoms with Crippen molar-refractivity contribution in [3.05, 3.63) is 46.3 Å². The average Bonchev–Trinajstić information content (AvgIpc) is 3.14. The lowest BCUT2D eigenvalue weighted by Gasteiger charge is -2.37. The van der Waals surface area contributed by atoms with Crippen LogP contribution in [0.3, 0.4) is 0 Å². The summed E-state index contributed by atoms with van der Waals surface area (Å²) in [4.78, 5) is 14.9. The number of amides is 1. The molecule has 1 saturated heterocycles. The molecule has 1 aliphatic heterocycles. The van der Waals surface area contributed by atoms with Crippen molar-refractivity contribution in [2.45, 2.75) is 39.3 Å². The lowest BCUT2D eigenvalue weighted by molar-refractivity contribution is -0.124. The normalized spacial score (nSPS) is 24.3. The number of hydrogen-bond acceptors (Lipinski definition) is 5. The van der Waals surface area contributed by atoms with Gasteiger partial charge in [0.2, 0.25) is 0 Å². The molecule has 3 atom stereocenters. The van der Waals surface area contributed by atoms with E-state index in [1.54, 1.807) is 12.1 Å². The molecule has 2 fully saturated rings. The minimum Gasteiger partial charge on any atom is -0.484 e. The number of benzene rings is 1. The van der Waals surface area contributed by atoms with E-state index in [9.17, 15) is 4.79 Å². The zero-order valence-corrected chi connectivity index (χ0v) is 17.0. The topological polar surface area (TPSA) is 67.6 Å². The molecule has 1 unspecified atom stereocenters. The Kier molecular flexibility index (Phi) is 5.60. The fraction of sp³-hybridized carbons (Fsp3) is 0.524. The minimum atomic E-state index is -0.0597. The highest BCUT2D eigenvalue weighted by atomic mass is 35.5. The molecule has 28 heavy (non-hydrogen) atoms. The third-order valence-corrected chi connectivity index (χ3v) is 6.02. The Morgan fingerprint density at radius 1 is 1.29 bits per heavy atom. The summed E-state index contributed by atoms with van der Waals surface area (Å²) < 4.78 is 11.0. The Morgan fingerprint density at radius 3 is 2.68 bits per heavy atom. The quantitative estimate of drug-likeness (QED) is 0.801. The number of hydrogen-bond donors (Lipinski definition) is 1. The number of nitrogens with zero attached hydrogens (tertiary/aromatic N) is 2. The van der Waals surface area contributed by atoms with Crippen LogP contribution in [0.15, 0.2) is 28.8 Å². The maximum atomic E-state index is 12.5. The first-order valence-corrected chi connectivity index (χ1v) is 10.2. The summed E-state index contributed by atoms with van der Waals surface area (Å²) in [6.45, 7) is 6.61. The van der Waals surface area contributed by atoms with Gasteiger partial charge in [-0.3, -0.25) is 9.69 Å². The third kappa shape index (κ3) is 4.33. The molecular weight excluding hydrogens is 378 g/mol. The van der Waals surface area contributed by atoms with Gasteiger partial charge in [0.15, 0.2) is 12.4 Å². The molecule has 2 heterocycles. The summed E-state index contributed by atoms with van der Waals surface area (Å²) in [5.41, 5.74) is 1.84. The number of nitrogens with one attached hydrogen (secondary N) is 1. The lowest BCUT2D eigenvalue weighted by atomic mass is 9.92. The highest BCUT2D eigenvalue weighted by molar-refractivity contribution is 6.30. The summed E-state index contributed by atoms with van der Waals surface area (Å²) in [6.07, 6.45) is 2.30. The van der Waals surface area contributed by atoms with Crippen molar-refractivity contribution >= 4 is 17.5 Å². The van der Waals surface area contributed by atoms with E-state index in [1.807, 2.05) is 26.0 Å². The summed E-state index contributed by atoms with van der Waals surface area (Å²) >= 11 is 5.96. The van der Waals surface area contributed by atoms with Crippen LogP contribution in [-0.4, -0.2) is 41.7 Å². The second-order valence-electron chi connectivity index (χ2n) is 8.02. The summed E-state index contributed by atoms with van der Waals surface area (Å²) in [5, 5.41) is 7.85. The Morgan fingerprint density at radius 2 is 2.04 bits per heavy atom. The van der Waals surface area contributed by atoms with E-state index in [0.29, 0.717) is 22.6 Å². The molecule has 2 bridgehead atoms. The first-order chi connectivity index (χ1) is 13.5. The standard InChI is InChI=1S/C21H26ClN3O3/c1-13-7-17(22)5-6-19(13)27-12-20(26)23-21-15-3-4-16(21)10-25(9-15)11-18-8-14(2)24-28-18/h5-8,15-16,21H,3-4,9-12H2,1-2H3,(H,23,26)/t15-,16+,21?. The van der Waals surface area contributed by atoms with Crippen LogP contribution in [0.4, 0.5) is 0 Å². The first-order valence-electron chi connectivity index (χ1n) is 9.81. The lowest BCUT2D eigenvalue weighted by Crippen LogP contribution is -2.53. The van der Waals surface area contributed by atoms with Gasteiger partial charge in [-0.25, -0.2) is 0 Å². The predicted octanol–water partition coefficient (Wildman–Crippen LogP) is 3.35. The number of aryl methyl sites for hydroxylation is 2. The number of halogens is 1. The number of aromatic nitrogens is 1. The number of likely N-dealkylation sites (tertiary alicyclic amines) is 1. The molecule has 1 aromatic heterocycles. The van der Waals surface area contributed by atoms with Gasteiger partial charge in [-0.05, 0) is 62.3 Å². The predicted molar refractivity (Wildman–Crippen MR) is 106 cm³/mol. The van der Waals surface area contributed by atoms with Gasteiger partial charge < -0.3 is 14.6 Å². The summed E-state index contributed by atoms with van der Waals surface area (Å²) in [6, 6.07) is 7.63. The molecular formula is C21H26ClN3O3. The number of fused-ring (bicyclic) bond motifs is 2. The average molecular weight is 404 g/mol. The van der Waals surface area contributed by atoms with Crippen LogP contribution in [0.1, 0.15) is 29.9 Å². The smallest absolute Gasteiger partial charge is 0.258 e. The highest BCUT2D eigenvalue weighted by Gasteiger charge is 2.42. The van der Waals surface area contributed by atoms with Gasteiger partial charge in [0.1, 0.15) is 5.75 Å². The van der Waals surface area contributed by atoms with Crippen LogP contribution in [0, 0.1) is 25.7 Å². The van der Waals surface area contributed by atoms with Crippen LogP contribution >= 0.6 is 11.6 Å². The Hall–Kier alpha value is -2.05. The molecule has 0 radical (unpaired) electrons. The van der Waals surface area contributed by atoms with Crippen LogP contribution in [0.25, 0.3) is 0 Å². The maximum Gasteiger partial charge on any atom is 0.258 e. The molecule has 6 nitrogen and oxygen atoms in total. The molecule has 7 heteroatoms. The van der Waals surface area contributed by atoms with E-state index in [4.69, 9.17) is 20.9 Å². The van der Waals surface area contributed by atoms with E-state index in [2.05, 4.69) is 15.4 Å². The monoisotopic (exact) mass is 403 g/mol. The van der Waals surface area contributed by atoms with E-state index in [-0.39, 0.29) is 18.6 Å². The SMILES string of the molecule is Cc1cc(CN2C[C@H]3CC[C@@H](C2)C3NC(=O)COc2ccc(Cl)cc2C)on1. The van der Waals surface area contributed by atoms with Crippen LogP contribution < -0.4 is 10.1 Å². The van der Waals surface area contributed by atoms with Crippen molar-refractivity contribution in [3.8, 4) is 5.75 Å². The van der Waals surface area contributed by atoms with Gasteiger partial charge in [0.05, 0.1) is 12.2 Å². The maximum absolute atomic E-state index is 12.5. The highest BCUT2D eigenvalue weighted by Crippen LogP contribution is 2.37. The molecule has 1 aromatic carbocycles. The van der Waals surface area contributed by atoms with Gasteiger partial charge >= 0.3 is 0 Å². The van der Waals surface area contributed by atoms with E-state index >= 15 is 0 Å². The number of carbonyl (C=O) groups excluding carboxylic acids is 1. The molecule has 1 amide bonds. The van der Waals surface area contributed by atoms with Crippen molar-refractivity contribution < 1.29 is 14.1 Å². The number of ether oxygens (including phenoxy) is 1. The third-order valence-electron chi connectivity index (χ3n) is 5.79. The van der Waals surface area contributed by atoms with Gasteiger partial charge in [0.25, 0.3) is 5.91 Å². The first kappa shape index (κ1) is 19.3. The molecule has 2 aliphatic rings. The van der Waals surface area contributed by atoms with E-state index < -0.39 is 0 Å². The Labute approximate surface area is 170 Å². The number of carbonyl (C=O) groups is 1. The van der Waals surface area contributed by atoms with Gasteiger partial charge in [-0.15, -0.1) is 0 Å². The molecule has 1 N–H and O–H groups in total. The van der Waals surface area contributed by atoms with E-state index in [0.717, 1.165) is 49.5 Å².